The van der Waals surface area contributed by atoms with Gasteiger partial charge in [0.2, 0.25) is 0 Å². The summed E-state index contributed by atoms with van der Waals surface area (Å²) in [6.45, 7) is 11.5. The van der Waals surface area contributed by atoms with Crippen LogP contribution in [0.1, 0.15) is 40.5 Å². The summed E-state index contributed by atoms with van der Waals surface area (Å²) in [5.74, 6) is 0. The Bertz CT molecular complexity index is 323. The molecule has 1 aliphatic heterocycles. The first-order chi connectivity index (χ1) is 8.37. The summed E-state index contributed by atoms with van der Waals surface area (Å²) in [5, 5.41) is 0. The van der Waals surface area contributed by atoms with E-state index in [0.717, 1.165) is 19.6 Å². The Morgan fingerprint density at radius 2 is 1.78 bits per heavy atom. The number of urea groups is 1. The first-order valence-electron chi connectivity index (χ1n) is 7.16. The van der Waals surface area contributed by atoms with Gasteiger partial charge in [-0.15, -0.1) is 0 Å². The topological polar surface area (TPSA) is 26.8 Å². The number of hydrogen-bond donors (Lipinski definition) is 0. The first-order valence-corrected chi connectivity index (χ1v) is 7.16. The second kappa shape index (κ2) is 4.72. The highest BCUT2D eigenvalue weighted by Crippen LogP contribution is 2.45. The van der Waals surface area contributed by atoms with E-state index in [-0.39, 0.29) is 12.1 Å². The number of hydrogen-bond acceptors (Lipinski definition) is 2. The highest BCUT2D eigenvalue weighted by molar-refractivity contribution is 5.74. The van der Waals surface area contributed by atoms with Crippen molar-refractivity contribution in [2.45, 2.75) is 58.2 Å². The van der Waals surface area contributed by atoms with Crippen molar-refractivity contribution >= 4 is 6.03 Å². The van der Waals surface area contributed by atoms with Crippen LogP contribution in [0.4, 0.5) is 4.79 Å². The average Bonchev–Trinajstić information content (AvgIpc) is 3.06. The third-order valence-electron chi connectivity index (χ3n) is 4.50. The first kappa shape index (κ1) is 13.7. The van der Waals surface area contributed by atoms with Crippen LogP contribution in [0.15, 0.2) is 0 Å². The van der Waals surface area contributed by atoms with Crippen molar-refractivity contribution in [3.05, 3.63) is 0 Å². The Morgan fingerprint density at radius 3 is 2.22 bits per heavy atom. The lowest BCUT2D eigenvalue weighted by atomic mass is 10.1. The number of rotatable bonds is 2. The van der Waals surface area contributed by atoms with Crippen molar-refractivity contribution in [2.24, 2.45) is 0 Å². The molecule has 1 saturated heterocycles. The Balaban J connectivity index is 2.01. The molecule has 0 aromatic heterocycles. The van der Waals surface area contributed by atoms with Gasteiger partial charge in [0.1, 0.15) is 0 Å². The van der Waals surface area contributed by atoms with Gasteiger partial charge < -0.3 is 9.80 Å². The van der Waals surface area contributed by atoms with Crippen LogP contribution in [0.25, 0.3) is 0 Å². The Hall–Kier alpha value is -0.770. The van der Waals surface area contributed by atoms with Gasteiger partial charge in [-0.25, -0.2) is 4.79 Å². The van der Waals surface area contributed by atoms with Gasteiger partial charge in [-0.2, -0.15) is 0 Å². The molecule has 18 heavy (non-hydrogen) atoms. The lowest BCUT2D eigenvalue weighted by molar-refractivity contribution is 0.0418. The van der Waals surface area contributed by atoms with Crippen molar-refractivity contribution in [2.75, 3.05) is 26.7 Å². The summed E-state index contributed by atoms with van der Waals surface area (Å²) in [4.78, 5) is 18.9. The second-order valence-electron chi connectivity index (χ2n) is 6.42. The van der Waals surface area contributed by atoms with Crippen molar-refractivity contribution < 1.29 is 4.79 Å². The second-order valence-corrected chi connectivity index (χ2v) is 6.42. The average molecular weight is 253 g/mol. The number of amides is 2. The maximum Gasteiger partial charge on any atom is 0.320 e. The van der Waals surface area contributed by atoms with Gasteiger partial charge in [0, 0.05) is 44.3 Å². The lowest BCUT2D eigenvalue weighted by Crippen LogP contribution is -2.60. The maximum atomic E-state index is 12.4. The van der Waals surface area contributed by atoms with Crippen LogP contribution in [0.3, 0.4) is 0 Å². The summed E-state index contributed by atoms with van der Waals surface area (Å²) in [6.07, 6.45) is 2.50. The zero-order valence-corrected chi connectivity index (χ0v) is 12.4. The largest absolute Gasteiger partial charge is 0.325 e. The molecule has 104 valence electrons. The third-order valence-corrected chi connectivity index (χ3v) is 4.50. The molecule has 0 radical (unpaired) electrons. The fourth-order valence-electron chi connectivity index (χ4n) is 2.99. The smallest absolute Gasteiger partial charge is 0.320 e. The van der Waals surface area contributed by atoms with E-state index in [9.17, 15) is 4.79 Å². The van der Waals surface area contributed by atoms with Gasteiger partial charge >= 0.3 is 6.03 Å². The fourth-order valence-corrected chi connectivity index (χ4v) is 2.99. The van der Waals surface area contributed by atoms with E-state index >= 15 is 0 Å². The Kier molecular flexibility index (Phi) is 3.58. The van der Waals surface area contributed by atoms with Gasteiger partial charge in [0.25, 0.3) is 0 Å². The van der Waals surface area contributed by atoms with Gasteiger partial charge in [0.05, 0.1) is 0 Å². The Morgan fingerprint density at radius 1 is 1.17 bits per heavy atom. The summed E-state index contributed by atoms with van der Waals surface area (Å²) >= 11 is 0. The zero-order valence-electron chi connectivity index (χ0n) is 12.4. The number of carbonyl (C=O) groups is 1. The van der Waals surface area contributed by atoms with E-state index in [2.05, 4.69) is 32.6 Å². The predicted octanol–water partition coefficient (Wildman–Crippen LogP) is 2.01. The van der Waals surface area contributed by atoms with Crippen LogP contribution in [-0.2, 0) is 0 Å². The third kappa shape index (κ3) is 2.35. The van der Waals surface area contributed by atoms with Crippen LogP contribution >= 0.6 is 0 Å². The minimum Gasteiger partial charge on any atom is -0.325 e. The highest BCUT2D eigenvalue weighted by Gasteiger charge is 2.52. The van der Waals surface area contributed by atoms with E-state index in [0.29, 0.717) is 11.6 Å². The zero-order chi connectivity index (χ0) is 13.5. The molecule has 2 rings (SSSR count). The van der Waals surface area contributed by atoms with E-state index in [1.807, 2.05) is 16.8 Å². The lowest BCUT2D eigenvalue weighted by Gasteiger charge is -2.45. The van der Waals surface area contributed by atoms with E-state index in [1.54, 1.807) is 0 Å². The highest BCUT2D eigenvalue weighted by atomic mass is 16.2. The van der Waals surface area contributed by atoms with E-state index in [1.165, 1.54) is 12.8 Å². The Labute approximate surface area is 111 Å². The standard InChI is InChI=1S/C14H27N3O/c1-11(2)15(5)13(18)16-8-9-17(12(3)4)14(10-16)6-7-14/h11-12H,6-10H2,1-5H3. The minimum atomic E-state index is 0.194. The van der Waals surface area contributed by atoms with E-state index in [4.69, 9.17) is 0 Å². The fraction of sp³-hybridized carbons (Fsp3) is 0.929. The van der Waals surface area contributed by atoms with Crippen LogP contribution in [0.2, 0.25) is 0 Å². The summed E-state index contributed by atoms with van der Waals surface area (Å²) in [7, 11) is 1.90. The van der Waals surface area contributed by atoms with Crippen molar-refractivity contribution in [3.8, 4) is 0 Å². The van der Waals surface area contributed by atoms with Crippen molar-refractivity contribution in [1.29, 1.82) is 0 Å². The summed E-state index contributed by atoms with van der Waals surface area (Å²) in [6, 6.07) is 1.06. The molecular formula is C14H27N3O. The predicted molar refractivity (Wildman–Crippen MR) is 73.7 cm³/mol. The summed E-state index contributed by atoms with van der Waals surface area (Å²) in [5.41, 5.74) is 0.305. The van der Waals surface area contributed by atoms with Gasteiger partial charge in [0.15, 0.2) is 0 Å². The van der Waals surface area contributed by atoms with Crippen molar-refractivity contribution in [1.82, 2.24) is 14.7 Å². The molecule has 4 heteroatoms. The molecule has 0 aromatic carbocycles. The summed E-state index contributed by atoms with van der Waals surface area (Å²) < 4.78 is 0. The number of nitrogens with zero attached hydrogens (tertiary/aromatic N) is 3. The minimum absolute atomic E-state index is 0.194. The van der Waals surface area contributed by atoms with Crippen LogP contribution in [0, 0.1) is 0 Å². The molecule has 1 spiro atoms. The molecule has 2 aliphatic rings. The molecule has 0 aromatic rings. The monoisotopic (exact) mass is 253 g/mol. The molecular weight excluding hydrogens is 226 g/mol. The van der Waals surface area contributed by atoms with Gasteiger partial charge in [-0.3, -0.25) is 4.90 Å². The van der Waals surface area contributed by atoms with Crippen LogP contribution < -0.4 is 0 Å². The molecule has 4 nitrogen and oxygen atoms in total. The van der Waals surface area contributed by atoms with Crippen LogP contribution in [-0.4, -0.2) is 65.0 Å². The van der Waals surface area contributed by atoms with Crippen molar-refractivity contribution in [3.63, 3.8) is 0 Å². The maximum absolute atomic E-state index is 12.4. The molecule has 2 fully saturated rings. The van der Waals surface area contributed by atoms with Gasteiger partial charge in [-0.1, -0.05) is 0 Å². The molecule has 0 unspecified atom stereocenters. The molecule has 0 N–H and O–H groups in total. The van der Waals surface area contributed by atoms with Crippen LogP contribution in [0.5, 0.6) is 0 Å². The molecule has 0 bridgehead atoms. The number of carbonyl (C=O) groups excluding carboxylic acids is 1. The molecule has 0 atom stereocenters. The normalized spacial score (nSPS) is 22.9. The van der Waals surface area contributed by atoms with Gasteiger partial charge in [-0.05, 0) is 40.5 Å². The molecule has 1 aliphatic carbocycles. The molecule has 1 saturated carbocycles. The molecule has 1 heterocycles. The quantitative estimate of drug-likeness (QED) is 0.752. The molecule has 2 amide bonds. The number of piperazine rings is 1. The van der Waals surface area contributed by atoms with E-state index < -0.39 is 0 Å². The SMILES string of the molecule is CC(C)N(C)C(=O)N1CCN(C(C)C)C2(CC2)C1.